The first kappa shape index (κ1) is 21.4. The first-order valence-corrected chi connectivity index (χ1v) is 10.1. The van der Waals surface area contributed by atoms with Crippen LogP contribution in [-0.2, 0) is 19.5 Å². The number of aliphatic hydroxyl groups is 1. The number of halogens is 2. The van der Waals surface area contributed by atoms with Gasteiger partial charge in [0.05, 0.1) is 17.8 Å². The number of aromatic nitrogens is 3. The van der Waals surface area contributed by atoms with Crippen LogP contribution in [0.25, 0.3) is 11.3 Å². The van der Waals surface area contributed by atoms with Crippen molar-refractivity contribution in [1.82, 2.24) is 19.4 Å². The van der Waals surface area contributed by atoms with Gasteiger partial charge >= 0.3 is 11.1 Å². The minimum absolute atomic E-state index is 0.0338. The van der Waals surface area contributed by atoms with Crippen molar-refractivity contribution in [2.45, 2.75) is 32.0 Å². The van der Waals surface area contributed by atoms with Gasteiger partial charge in [-0.05, 0) is 64.3 Å². The number of hydrogen-bond donors (Lipinski definition) is 1. The van der Waals surface area contributed by atoms with Crippen molar-refractivity contribution in [2.75, 3.05) is 13.1 Å². The van der Waals surface area contributed by atoms with Gasteiger partial charge in [-0.3, -0.25) is 14.5 Å². The molecule has 0 radical (unpaired) electrons. The second-order valence-electron chi connectivity index (χ2n) is 8.02. The average molecular weight is 446 g/mol. The molecule has 162 valence electrons. The van der Waals surface area contributed by atoms with E-state index in [2.05, 4.69) is 9.88 Å². The van der Waals surface area contributed by atoms with E-state index < -0.39 is 10.5 Å². The van der Waals surface area contributed by atoms with Crippen molar-refractivity contribution < 1.29 is 14.4 Å². The number of hydrogen-bond acceptors (Lipinski definition) is 6. The van der Waals surface area contributed by atoms with E-state index in [1.54, 1.807) is 19.1 Å². The minimum atomic E-state index is -1.17. The summed E-state index contributed by atoms with van der Waals surface area (Å²) in [6, 6.07) is 10.2. The molecule has 0 saturated carbocycles. The lowest BCUT2D eigenvalue weighted by atomic mass is 10.00. The minimum Gasteiger partial charge on any atom is -0.387 e. The molecule has 1 aliphatic heterocycles. The molecule has 0 unspecified atom stereocenters. The second-order valence-corrected chi connectivity index (χ2v) is 8.36. The summed E-state index contributed by atoms with van der Waals surface area (Å²) in [6.07, 6.45) is 1.95. The Labute approximate surface area is 183 Å². The fraction of sp³-hybridized carbons (Fsp3) is 0.333. The SMILES string of the molecule is C[C@](O)(CN1CCc2nc(-c3ccc(F)cc3)ccc2C1)Cn1cc([N+](=O)[O-])nc1Cl. The van der Waals surface area contributed by atoms with Crippen molar-refractivity contribution in [3.63, 3.8) is 0 Å². The number of β-amino-alcohol motifs (C(OH)–C–C–N with tert-alkyl or cyclic N) is 1. The quantitative estimate of drug-likeness (QED) is 0.461. The third-order valence-electron chi connectivity index (χ3n) is 5.24. The Hall–Kier alpha value is -2.88. The number of fused-ring (bicyclic) bond motifs is 1. The molecule has 0 bridgehead atoms. The smallest absolute Gasteiger partial charge is 0.383 e. The van der Waals surface area contributed by atoms with E-state index >= 15 is 0 Å². The van der Waals surface area contributed by atoms with Crippen molar-refractivity contribution in [3.8, 4) is 11.3 Å². The molecular weight excluding hydrogens is 425 g/mol. The van der Waals surface area contributed by atoms with E-state index in [4.69, 9.17) is 16.6 Å². The third kappa shape index (κ3) is 4.90. The molecule has 3 aromatic rings. The predicted octanol–water partition coefficient (Wildman–Crippen LogP) is 3.46. The number of pyridine rings is 1. The lowest BCUT2D eigenvalue weighted by Crippen LogP contribution is -2.45. The van der Waals surface area contributed by atoms with Crippen LogP contribution in [0.2, 0.25) is 5.28 Å². The molecule has 1 atom stereocenters. The largest absolute Gasteiger partial charge is 0.387 e. The van der Waals surface area contributed by atoms with Crippen molar-refractivity contribution in [2.24, 2.45) is 0 Å². The Morgan fingerprint density at radius 3 is 2.65 bits per heavy atom. The van der Waals surface area contributed by atoms with Crippen molar-refractivity contribution in [1.29, 1.82) is 0 Å². The van der Waals surface area contributed by atoms with E-state index in [1.807, 2.05) is 12.1 Å². The first-order chi connectivity index (χ1) is 14.7. The number of nitro groups is 1. The summed E-state index contributed by atoms with van der Waals surface area (Å²) in [7, 11) is 0. The fourth-order valence-electron chi connectivity index (χ4n) is 3.87. The van der Waals surface area contributed by atoms with Gasteiger partial charge in [-0.15, -0.1) is 0 Å². The molecule has 0 saturated heterocycles. The molecule has 1 aliphatic rings. The van der Waals surface area contributed by atoms with Gasteiger partial charge in [-0.25, -0.2) is 4.39 Å². The maximum atomic E-state index is 13.2. The van der Waals surface area contributed by atoms with Gasteiger partial charge in [-0.2, -0.15) is 0 Å². The predicted molar refractivity (Wildman–Crippen MR) is 113 cm³/mol. The summed E-state index contributed by atoms with van der Waals surface area (Å²) in [5.74, 6) is -0.633. The summed E-state index contributed by atoms with van der Waals surface area (Å²) in [5, 5.41) is 21.7. The van der Waals surface area contributed by atoms with Crippen LogP contribution < -0.4 is 0 Å². The Morgan fingerprint density at radius 1 is 1.23 bits per heavy atom. The summed E-state index contributed by atoms with van der Waals surface area (Å²) in [5.41, 5.74) is 2.56. The molecule has 1 N–H and O–H groups in total. The molecular formula is C21H21ClFN5O3. The Balaban J connectivity index is 1.43. The molecule has 3 heterocycles. The number of nitrogens with zero attached hydrogens (tertiary/aromatic N) is 5. The van der Waals surface area contributed by atoms with Crippen LogP contribution >= 0.6 is 11.6 Å². The van der Waals surface area contributed by atoms with E-state index in [0.29, 0.717) is 19.6 Å². The van der Waals surface area contributed by atoms with Crippen molar-refractivity contribution in [3.05, 3.63) is 75.1 Å². The van der Waals surface area contributed by atoms with E-state index in [1.165, 1.54) is 22.9 Å². The normalized spacial score (nSPS) is 16.0. The second kappa shape index (κ2) is 8.33. The highest BCUT2D eigenvalue weighted by Gasteiger charge is 2.30. The Morgan fingerprint density at radius 2 is 1.97 bits per heavy atom. The zero-order chi connectivity index (χ0) is 22.2. The van der Waals surface area contributed by atoms with Crippen LogP contribution in [0.1, 0.15) is 18.2 Å². The molecule has 0 aliphatic carbocycles. The van der Waals surface area contributed by atoms with Gasteiger partial charge in [0, 0.05) is 37.3 Å². The lowest BCUT2D eigenvalue weighted by Gasteiger charge is -2.34. The van der Waals surface area contributed by atoms with Gasteiger partial charge in [0.1, 0.15) is 12.0 Å². The zero-order valence-electron chi connectivity index (χ0n) is 16.8. The van der Waals surface area contributed by atoms with E-state index in [9.17, 15) is 19.6 Å². The van der Waals surface area contributed by atoms with Crippen molar-refractivity contribution >= 4 is 17.4 Å². The highest BCUT2D eigenvalue weighted by molar-refractivity contribution is 6.28. The van der Waals surface area contributed by atoms with Gasteiger partial charge in [0.15, 0.2) is 0 Å². The molecule has 8 nitrogen and oxygen atoms in total. The Bertz CT molecular complexity index is 1120. The van der Waals surface area contributed by atoms with Crippen LogP contribution in [-0.4, -0.2) is 48.2 Å². The van der Waals surface area contributed by atoms with Crippen LogP contribution in [0.3, 0.4) is 0 Å². The standard InChI is InChI=1S/C21H21ClFN5O3/c1-21(29,13-27-11-19(28(30)31)25-20(27)22)12-26-9-8-18-15(10-26)4-7-17(24-18)14-2-5-16(23)6-3-14/h2-7,11,29H,8-10,12-13H2,1H3/t21-/m0/s1. The summed E-state index contributed by atoms with van der Waals surface area (Å²) >= 11 is 5.97. The van der Waals surface area contributed by atoms with Gasteiger partial charge in [0.2, 0.25) is 0 Å². The van der Waals surface area contributed by atoms with Gasteiger partial charge in [0.25, 0.3) is 0 Å². The van der Waals surface area contributed by atoms with E-state index in [0.717, 1.165) is 28.9 Å². The Kier molecular flexibility index (Phi) is 5.74. The highest BCUT2D eigenvalue weighted by atomic mass is 35.5. The fourth-order valence-corrected chi connectivity index (χ4v) is 4.06. The molecule has 10 heteroatoms. The molecule has 0 amide bonds. The van der Waals surface area contributed by atoms with Crippen LogP contribution in [0.4, 0.5) is 10.2 Å². The number of benzene rings is 1. The lowest BCUT2D eigenvalue weighted by molar-refractivity contribution is -0.389. The molecule has 0 fully saturated rings. The maximum Gasteiger partial charge on any atom is 0.383 e. The molecule has 4 rings (SSSR count). The van der Waals surface area contributed by atoms with Gasteiger partial charge < -0.3 is 15.2 Å². The highest BCUT2D eigenvalue weighted by Crippen LogP contribution is 2.25. The monoisotopic (exact) mass is 445 g/mol. The molecule has 0 spiro atoms. The average Bonchev–Trinajstić information content (AvgIpc) is 3.08. The first-order valence-electron chi connectivity index (χ1n) is 9.77. The van der Waals surface area contributed by atoms with E-state index in [-0.39, 0.29) is 23.5 Å². The molecule has 31 heavy (non-hydrogen) atoms. The number of rotatable bonds is 6. The van der Waals surface area contributed by atoms with Crippen LogP contribution in [0, 0.1) is 15.9 Å². The van der Waals surface area contributed by atoms with Gasteiger partial charge in [-0.1, -0.05) is 6.07 Å². The summed E-state index contributed by atoms with van der Waals surface area (Å²) in [4.78, 5) is 20.8. The maximum absolute atomic E-state index is 13.2. The summed E-state index contributed by atoms with van der Waals surface area (Å²) < 4.78 is 14.5. The van der Waals surface area contributed by atoms with Crippen LogP contribution in [0.5, 0.6) is 0 Å². The molecule has 1 aromatic carbocycles. The summed E-state index contributed by atoms with van der Waals surface area (Å²) in [6.45, 7) is 3.44. The third-order valence-corrected chi connectivity index (χ3v) is 5.55. The topological polar surface area (TPSA) is 97.3 Å². The zero-order valence-corrected chi connectivity index (χ0v) is 17.6. The number of imidazole rings is 1. The molecule has 2 aromatic heterocycles. The van der Waals surface area contributed by atoms with Crippen LogP contribution in [0.15, 0.2) is 42.6 Å².